The third-order valence-electron chi connectivity index (χ3n) is 1.40. The lowest BCUT2D eigenvalue weighted by atomic mass is 10.6. The first kappa shape index (κ1) is 11.1. The molecule has 2 N–H and O–H groups in total. The largest absolute Gasteiger partial charge is 0.244 e. The molecule has 5 heteroatoms. The summed E-state index contributed by atoms with van der Waals surface area (Å²) >= 11 is 0. The molecule has 0 unspecified atom stereocenters. The molecule has 0 aliphatic carbocycles. The molecule has 0 saturated heterocycles. The highest BCUT2D eigenvalue weighted by Crippen LogP contribution is 2.88. The summed E-state index contributed by atoms with van der Waals surface area (Å²) in [5, 5.41) is 4.54. The van der Waals surface area contributed by atoms with Gasteiger partial charge in [0.15, 0.2) is 0 Å². The lowest BCUT2D eigenvalue weighted by Crippen LogP contribution is -2.36. The highest BCUT2D eigenvalue weighted by atomic mass is 32.4. The van der Waals surface area contributed by atoms with Crippen LogP contribution in [0.1, 0.15) is 26.7 Å². The molecule has 0 aliphatic heterocycles. The van der Waals surface area contributed by atoms with E-state index in [1.165, 1.54) is 13.8 Å². The van der Waals surface area contributed by atoms with E-state index in [4.69, 9.17) is 0 Å². The lowest BCUT2D eigenvalue weighted by molar-refractivity contribution is 0.533. The third-order valence-corrected chi connectivity index (χ3v) is 4.19. The molecule has 0 aromatic carbocycles. The molecular formula is C6H16F3NS. The minimum absolute atomic E-state index is 0.0849. The molecule has 0 amide bonds. The molecule has 1 nitrogen and oxygen atoms in total. The normalized spacial score (nSPS) is 19.1. The zero-order valence-corrected chi connectivity index (χ0v) is 7.76. The van der Waals surface area contributed by atoms with Gasteiger partial charge in [-0.2, -0.15) is 0 Å². The van der Waals surface area contributed by atoms with Crippen LogP contribution in [0.15, 0.2) is 0 Å². The van der Waals surface area contributed by atoms with Crippen molar-refractivity contribution in [3.63, 3.8) is 0 Å². The molecule has 0 aromatic rings. The minimum atomic E-state index is -6.59. The van der Waals surface area contributed by atoms with E-state index in [0.717, 1.165) is 0 Å². The summed E-state index contributed by atoms with van der Waals surface area (Å²) in [6, 6.07) is 0. The second kappa shape index (κ2) is 2.29. The number of halogens is 3. The van der Waals surface area contributed by atoms with E-state index in [1.54, 1.807) is 0 Å². The second-order valence-corrected chi connectivity index (χ2v) is 7.13. The Hall–Kier alpha value is 0.100. The fourth-order valence-corrected chi connectivity index (χ4v) is 3.27. The van der Waals surface area contributed by atoms with E-state index in [0.29, 0.717) is 0 Å². The molecule has 0 spiro atoms. The minimum Gasteiger partial charge on any atom is -0.244 e. The second-order valence-electron chi connectivity index (χ2n) is 3.04. The van der Waals surface area contributed by atoms with Gasteiger partial charge in [-0.3, -0.25) is 0 Å². The first-order valence-electron chi connectivity index (χ1n) is 3.69. The van der Waals surface area contributed by atoms with E-state index in [1.807, 2.05) is 0 Å². The Balaban J connectivity index is 4.54. The Morgan fingerprint density at radius 3 is 1.45 bits per heavy atom. The first-order valence-corrected chi connectivity index (χ1v) is 6.24. The maximum Gasteiger partial charge on any atom is 0.0911 e. The molecule has 0 aliphatic rings. The van der Waals surface area contributed by atoms with Crippen molar-refractivity contribution in [3.05, 3.63) is 0 Å². The summed E-state index contributed by atoms with van der Waals surface area (Å²) in [5.74, 6) is -1.60. The maximum absolute atomic E-state index is 13.0. The first-order chi connectivity index (χ1) is 4.62. The van der Waals surface area contributed by atoms with Crippen molar-refractivity contribution in [2.75, 3.05) is 11.5 Å². The number of nitrogens with two attached hydrogens (primary N) is 1. The van der Waals surface area contributed by atoms with Crippen molar-refractivity contribution in [3.8, 4) is 0 Å². The summed E-state index contributed by atoms with van der Waals surface area (Å²) in [7, 11) is -6.59. The summed E-state index contributed by atoms with van der Waals surface area (Å²) in [6.45, 7) is 3.00. The van der Waals surface area contributed by atoms with Crippen LogP contribution >= 0.6 is 9.64 Å². The Bertz CT molecular complexity index is 136. The topological polar surface area (TPSA) is 26.0 Å². The number of hydrogen-bond acceptors (Lipinski definition) is 1. The van der Waals surface area contributed by atoms with Gasteiger partial charge in [0, 0.05) is 11.5 Å². The number of rotatable bonds is 4. The summed E-state index contributed by atoms with van der Waals surface area (Å²) < 4.78 is 39.1. The zero-order valence-electron chi connectivity index (χ0n) is 6.95. The van der Waals surface area contributed by atoms with Gasteiger partial charge in [-0.05, 0) is 12.8 Å². The predicted octanol–water partition coefficient (Wildman–Crippen LogP) is 3.21. The molecule has 0 rings (SSSR count). The van der Waals surface area contributed by atoms with Crippen molar-refractivity contribution < 1.29 is 11.7 Å². The summed E-state index contributed by atoms with van der Waals surface area (Å²) in [6.07, 6.45) is 0.170. The maximum atomic E-state index is 13.0. The van der Waals surface area contributed by atoms with Gasteiger partial charge in [0.1, 0.15) is 0 Å². The molecule has 72 valence electrons. The molecule has 0 saturated carbocycles. The van der Waals surface area contributed by atoms with Crippen LogP contribution in [0.5, 0.6) is 0 Å². The molecule has 0 bridgehead atoms. The van der Waals surface area contributed by atoms with Crippen LogP contribution in [-0.4, -0.2) is 11.5 Å². The van der Waals surface area contributed by atoms with E-state index in [-0.39, 0.29) is 12.8 Å². The smallest absolute Gasteiger partial charge is 0.0911 e. The summed E-state index contributed by atoms with van der Waals surface area (Å²) in [5.41, 5.74) is 0. The van der Waals surface area contributed by atoms with Crippen LogP contribution in [0.4, 0.5) is 11.7 Å². The van der Waals surface area contributed by atoms with E-state index < -0.39 is 21.1 Å². The van der Waals surface area contributed by atoms with Gasteiger partial charge in [-0.25, -0.2) is 5.14 Å². The average Bonchev–Trinajstić information content (AvgIpc) is 1.59. The van der Waals surface area contributed by atoms with Crippen LogP contribution in [-0.2, 0) is 0 Å². The van der Waals surface area contributed by atoms with Crippen LogP contribution in [0.2, 0.25) is 0 Å². The van der Waals surface area contributed by atoms with Gasteiger partial charge in [-0.15, -0.1) is 11.7 Å². The fourth-order valence-electron chi connectivity index (χ4n) is 1.09. The lowest BCUT2D eigenvalue weighted by Gasteiger charge is -2.54. The van der Waals surface area contributed by atoms with Gasteiger partial charge >= 0.3 is 0 Å². The molecule has 0 heterocycles. The van der Waals surface area contributed by atoms with E-state index in [2.05, 4.69) is 5.14 Å². The van der Waals surface area contributed by atoms with Gasteiger partial charge < -0.3 is 0 Å². The average molecular weight is 191 g/mol. The van der Waals surface area contributed by atoms with Gasteiger partial charge in [0.2, 0.25) is 0 Å². The van der Waals surface area contributed by atoms with Crippen LogP contribution in [0.25, 0.3) is 0 Å². The van der Waals surface area contributed by atoms with Crippen molar-refractivity contribution in [1.82, 2.24) is 0 Å². The van der Waals surface area contributed by atoms with Crippen LogP contribution < -0.4 is 5.14 Å². The molecule has 11 heavy (non-hydrogen) atoms. The highest BCUT2D eigenvalue weighted by Gasteiger charge is 2.55. The molecular weight excluding hydrogens is 175 g/mol. The molecule has 0 radical (unpaired) electrons. The Morgan fingerprint density at radius 2 is 1.27 bits per heavy atom. The summed E-state index contributed by atoms with van der Waals surface area (Å²) in [4.78, 5) is 0. The zero-order chi connectivity index (χ0) is 9.24. The molecule has 0 aromatic heterocycles. The molecule has 0 atom stereocenters. The highest BCUT2D eigenvalue weighted by molar-refractivity contribution is 8.51. The van der Waals surface area contributed by atoms with Crippen molar-refractivity contribution >= 4 is 9.64 Å². The predicted molar refractivity (Wildman–Crippen MR) is 45.4 cm³/mol. The SMILES string of the molecule is CCCS(N)(F)(F)(F)CCC. The molecule has 0 fully saturated rings. The van der Waals surface area contributed by atoms with Crippen molar-refractivity contribution in [1.29, 1.82) is 0 Å². The van der Waals surface area contributed by atoms with Crippen molar-refractivity contribution in [2.45, 2.75) is 26.7 Å². The van der Waals surface area contributed by atoms with Gasteiger partial charge in [0.05, 0.1) is 9.64 Å². The Kier molecular flexibility index (Phi) is 2.31. The van der Waals surface area contributed by atoms with E-state index >= 15 is 0 Å². The Morgan fingerprint density at radius 1 is 1.00 bits per heavy atom. The fraction of sp³-hybridized carbons (Fsp3) is 1.00. The Labute approximate surface area is 65.4 Å². The standard InChI is InChI=1S/C6H16F3NS/c1-3-5-11(7,8,9,10)6-4-2/h3-6,10H2,1-2H3. The van der Waals surface area contributed by atoms with Gasteiger partial charge in [0.25, 0.3) is 0 Å². The number of hydrogen-bond donors (Lipinski definition) is 1. The van der Waals surface area contributed by atoms with E-state index in [9.17, 15) is 11.7 Å². The van der Waals surface area contributed by atoms with Crippen LogP contribution in [0.3, 0.4) is 0 Å². The van der Waals surface area contributed by atoms with Crippen molar-refractivity contribution in [2.24, 2.45) is 5.14 Å². The quantitative estimate of drug-likeness (QED) is 0.725. The third kappa shape index (κ3) is 4.53. The van der Waals surface area contributed by atoms with Crippen LogP contribution in [0, 0.1) is 0 Å². The monoisotopic (exact) mass is 191 g/mol. The van der Waals surface area contributed by atoms with Gasteiger partial charge in [-0.1, -0.05) is 13.8 Å².